The van der Waals surface area contributed by atoms with Gasteiger partial charge in [0.1, 0.15) is 0 Å². The Morgan fingerprint density at radius 2 is 2.19 bits per heavy atom. The molecular weight excluding hydrogens is 292 g/mol. The number of anilines is 1. The van der Waals surface area contributed by atoms with E-state index < -0.39 is 16.0 Å². The third kappa shape index (κ3) is 3.74. The van der Waals surface area contributed by atoms with Gasteiger partial charge in [0, 0.05) is 18.8 Å². The van der Waals surface area contributed by atoms with Crippen LogP contribution in [0.5, 0.6) is 0 Å². The second-order valence-electron chi connectivity index (χ2n) is 4.94. The number of rotatable bonds is 5. The fraction of sp³-hybridized carbons (Fsp3) is 0.500. The van der Waals surface area contributed by atoms with E-state index in [2.05, 4.69) is 0 Å². The maximum Gasteiger partial charge on any atom is 0.306 e. The summed E-state index contributed by atoms with van der Waals surface area (Å²) < 4.78 is 30.7. The first-order chi connectivity index (χ1) is 9.94. The summed E-state index contributed by atoms with van der Waals surface area (Å²) in [6.07, 6.45) is 0.517. The van der Waals surface area contributed by atoms with Gasteiger partial charge in [-0.05, 0) is 30.5 Å². The molecule has 2 rings (SSSR count). The summed E-state index contributed by atoms with van der Waals surface area (Å²) >= 11 is 0. The Balaban J connectivity index is 2.06. The molecule has 0 radical (unpaired) electrons. The van der Waals surface area contributed by atoms with E-state index in [0.29, 0.717) is 18.7 Å². The Labute approximate surface area is 124 Å². The van der Waals surface area contributed by atoms with Crippen molar-refractivity contribution in [3.05, 3.63) is 29.3 Å². The van der Waals surface area contributed by atoms with Crippen LogP contribution in [0.3, 0.4) is 0 Å². The van der Waals surface area contributed by atoms with Crippen molar-refractivity contribution in [2.24, 2.45) is 0 Å². The van der Waals surface area contributed by atoms with Gasteiger partial charge in [0.05, 0.1) is 18.8 Å². The molecule has 116 valence electrons. The van der Waals surface area contributed by atoms with E-state index in [1.54, 1.807) is 13.0 Å². The second kappa shape index (κ2) is 6.44. The molecule has 1 aromatic rings. The largest absolute Gasteiger partial charge is 0.466 e. The van der Waals surface area contributed by atoms with E-state index >= 15 is 0 Å². The predicted molar refractivity (Wildman–Crippen MR) is 80.0 cm³/mol. The molecule has 21 heavy (non-hydrogen) atoms. The minimum Gasteiger partial charge on any atom is -0.466 e. The Morgan fingerprint density at radius 3 is 2.90 bits per heavy atom. The zero-order valence-corrected chi connectivity index (χ0v) is 12.9. The number of nitrogen functional groups attached to an aromatic ring is 1. The fourth-order valence-corrected chi connectivity index (χ4v) is 3.77. The summed E-state index contributed by atoms with van der Waals surface area (Å²) in [7, 11) is -3.48. The molecule has 0 aromatic heterocycles. The minimum absolute atomic E-state index is 0.121. The van der Waals surface area contributed by atoms with E-state index in [4.69, 9.17) is 10.5 Å². The van der Waals surface area contributed by atoms with Gasteiger partial charge in [-0.15, -0.1) is 0 Å². The molecule has 0 bridgehead atoms. The van der Waals surface area contributed by atoms with Crippen molar-refractivity contribution in [2.75, 3.05) is 24.6 Å². The van der Waals surface area contributed by atoms with Crippen LogP contribution in [0.15, 0.2) is 18.2 Å². The number of hydrogen-bond donors (Lipinski definition) is 1. The molecule has 7 heteroatoms. The lowest BCUT2D eigenvalue weighted by molar-refractivity contribution is -0.142. The molecule has 6 nitrogen and oxygen atoms in total. The van der Waals surface area contributed by atoms with Crippen LogP contribution in [0.1, 0.15) is 24.5 Å². The van der Waals surface area contributed by atoms with Crippen LogP contribution >= 0.6 is 0 Å². The number of carbonyl (C=O) groups excluding carboxylic acids is 1. The first-order valence-electron chi connectivity index (χ1n) is 6.93. The van der Waals surface area contributed by atoms with Gasteiger partial charge in [0.15, 0.2) is 0 Å². The number of nitrogens with zero attached hydrogens (tertiary/aromatic N) is 1. The van der Waals surface area contributed by atoms with Crippen molar-refractivity contribution >= 4 is 21.7 Å². The zero-order chi connectivity index (χ0) is 15.5. The number of hydrogen-bond acceptors (Lipinski definition) is 5. The molecule has 1 aliphatic rings. The average Bonchev–Trinajstić information content (AvgIpc) is 2.46. The predicted octanol–water partition coefficient (Wildman–Crippen LogP) is 0.910. The minimum atomic E-state index is -3.48. The number of esters is 1. The van der Waals surface area contributed by atoms with Crippen LogP contribution in [0.25, 0.3) is 0 Å². The molecule has 0 unspecified atom stereocenters. The number of nitrogens with two attached hydrogens (primary N) is 1. The second-order valence-corrected chi connectivity index (χ2v) is 7.03. The van der Waals surface area contributed by atoms with E-state index in [1.807, 2.05) is 12.1 Å². The number of carbonyl (C=O) groups is 1. The summed E-state index contributed by atoms with van der Waals surface area (Å²) in [6, 6.07) is 5.61. The lowest BCUT2D eigenvalue weighted by atomic mass is 10.00. The maximum atomic E-state index is 12.3. The number of benzene rings is 1. The van der Waals surface area contributed by atoms with Crippen molar-refractivity contribution < 1.29 is 17.9 Å². The molecule has 0 aliphatic carbocycles. The molecule has 0 amide bonds. The molecule has 1 aliphatic heterocycles. The Hall–Kier alpha value is -1.60. The fourth-order valence-electron chi connectivity index (χ4n) is 2.39. The summed E-state index contributed by atoms with van der Waals surface area (Å²) in [5.74, 6) is -0.716. The monoisotopic (exact) mass is 312 g/mol. The summed E-state index contributed by atoms with van der Waals surface area (Å²) in [4.78, 5) is 11.3. The van der Waals surface area contributed by atoms with Crippen molar-refractivity contribution in [3.63, 3.8) is 0 Å². The van der Waals surface area contributed by atoms with Crippen molar-refractivity contribution in [3.8, 4) is 0 Å². The summed E-state index contributed by atoms with van der Waals surface area (Å²) in [5.41, 5.74) is 8.48. The van der Waals surface area contributed by atoms with Crippen LogP contribution in [0.4, 0.5) is 5.69 Å². The van der Waals surface area contributed by atoms with Gasteiger partial charge in [-0.1, -0.05) is 12.1 Å². The van der Waals surface area contributed by atoms with E-state index in [0.717, 1.165) is 11.1 Å². The lowest BCUT2D eigenvalue weighted by Crippen LogP contribution is -2.38. The van der Waals surface area contributed by atoms with Gasteiger partial charge in [0.25, 0.3) is 0 Å². The molecule has 0 atom stereocenters. The van der Waals surface area contributed by atoms with Gasteiger partial charge in [-0.25, -0.2) is 8.42 Å². The van der Waals surface area contributed by atoms with Crippen LogP contribution in [0.2, 0.25) is 0 Å². The van der Waals surface area contributed by atoms with Crippen molar-refractivity contribution in [1.82, 2.24) is 4.31 Å². The Kier molecular flexibility index (Phi) is 4.84. The molecular formula is C14H20N2O4S. The quantitative estimate of drug-likeness (QED) is 0.645. The highest BCUT2D eigenvalue weighted by Gasteiger charge is 2.28. The van der Waals surface area contributed by atoms with Crippen LogP contribution in [-0.4, -0.2) is 37.6 Å². The molecule has 2 N–H and O–H groups in total. The van der Waals surface area contributed by atoms with Crippen molar-refractivity contribution in [2.45, 2.75) is 26.3 Å². The van der Waals surface area contributed by atoms with Gasteiger partial charge in [-0.3, -0.25) is 4.79 Å². The van der Waals surface area contributed by atoms with Crippen LogP contribution in [0, 0.1) is 0 Å². The van der Waals surface area contributed by atoms with Crippen LogP contribution in [-0.2, 0) is 32.5 Å². The first-order valence-corrected chi connectivity index (χ1v) is 8.54. The lowest BCUT2D eigenvalue weighted by Gasteiger charge is -2.28. The third-order valence-corrected chi connectivity index (χ3v) is 5.36. The van der Waals surface area contributed by atoms with Gasteiger partial charge in [0.2, 0.25) is 10.0 Å². The third-order valence-electron chi connectivity index (χ3n) is 3.54. The van der Waals surface area contributed by atoms with Crippen molar-refractivity contribution in [1.29, 1.82) is 0 Å². The van der Waals surface area contributed by atoms with E-state index in [-0.39, 0.29) is 25.3 Å². The van der Waals surface area contributed by atoms with Gasteiger partial charge >= 0.3 is 5.97 Å². The molecule has 1 aromatic carbocycles. The standard InChI is InChI=1S/C14H20N2O4S/c1-2-20-14(17)7-9-21(18,19)16-8-6-11-4-3-5-13(15)12(11)10-16/h3-5H,2,6-10,15H2,1H3. The normalized spacial score (nSPS) is 15.5. The highest BCUT2D eigenvalue weighted by atomic mass is 32.2. The molecule has 0 saturated carbocycles. The van der Waals surface area contributed by atoms with E-state index in [9.17, 15) is 13.2 Å². The smallest absolute Gasteiger partial charge is 0.306 e. The molecule has 0 saturated heterocycles. The molecule has 0 fully saturated rings. The Morgan fingerprint density at radius 1 is 1.43 bits per heavy atom. The number of fused-ring (bicyclic) bond motifs is 1. The van der Waals surface area contributed by atoms with Gasteiger partial charge < -0.3 is 10.5 Å². The maximum absolute atomic E-state index is 12.3. The highest BCUT2D eigenvalue weighted by molar-refractivity contribution is 7.89. The molecule has 1 heterocycles. The number of sulfonamides is 1. The highest BCUT2D eigenvalue weighted by Crippen LogP contribution is 2.26. The van der Waals surface area contributed by atoms with Gasteiger partial charge in [-0.2, -0.15) is 4.31 Å². The zero-order valence-electron chi connectivity index (χ0n) is 12.0. The summed E-state index contributed by atoms with van der Waals surface area (Å²) in [5, 5.41) is 0. The molecule has 0 spiro atoms. The SMILES string of the molecule is CCOC(=O)CCS(=O)(=O)N1CCc2cccc(N)c2C1. The topological polar surface area (TPSA) is 89.7 Å². The summed E-state index contributed by atoms with van der Waals surface area (Å²) in [6.45, 7) is 2.64. The average molecular weight is 312 g/mol. The first kappa shape index (κ1) is 15.8. The van der Waals surface area contributed by atoms with Crippen LogP contribution < -0.4 is 5.73 Å². The Bertz CT molecular complexity index is 628. The number of ether oxygens (including phenoxy) is 1. The van der Waals surface area contributed by atoms with E-state index in [1.165, 1.54) is 4.31 Å².